The van der Waals surface area contributed by atoms with Crippen molar-refractivity contribution in [3.8, 4) is 6.07 Å². The molecule has 130 valence electrons. The molecule has 1 aliphatic heterocycles. The van der Waals surface area contributed by atoms with Crippen LogP contribution in [0.4, 0.5) is 24.5 Å². The van der Waals surface area contributed by atoms with E-state index >= 15 is 0 Å². The van der Waals surface area contributed by atoms with E-state index in [9.17, 15) is 13.2 Å². The first kappa shape index (κ1) is 17.2. The number of nitrogens with zero attached hydrogens (tertiary/aromatic N) is 2. The summed E-state index contributed by atoms with van der Waals surface area (Å²) in [5.41, 5.74) is 0.318. The molecule has 3 rings (SSSR count). The van der Waals surface area contributed by atoms with Crippen LogP contribution in [-0.4, -0.2) is 19.6 Å². The van der Waals surface area contributed by atoms with Crippen LogP contribution in [0.1, 0.15) is 17.5 Å². The Bertz CT molecular complexity index is 766. The fraction of sp³-hybridized carbons (Fsp3) is 0.316. The first-order valence-electron chi connectivity index (χ1n) is 8.12. The third-order valence-electron chi connectivity index (χ3n) is 4.45. The normalized spacial score (nSPS) is 17.4. The second kappa shape index (κ2) is 7.06. The standard InChI is InChI=1S/C19H18F3N3/c20-19(21,22)18-10-16(7-6-15(18)11-23)24-12-14-8-9-25(13-14)17-4-2-1-3-5-17/h1-7,10,14,24H,8-9,12-13H2. The summed E-state index contributed by atoms with van der Waals surface area (Å²) < 4.78 is 39.0. The smallest absolute Gasteiger partial charge is 0.385 e. The van der Waals surface area contributed by atoms with E-state index in [1.807, 2.05) is 18.2 Å². The number of halogens is 3. The van der Waals surface area contributed by atoms with Gasteiger partial charge in [0.1, 0.15) is 0 Å². The van der Waals surface area contributed by atoms with Crippen molar-refractivity contribution in [2.45, 2.75) is 12.6 Å². The van der Waals surface area contributed by atoms with Gasteiger partial charge in [0, 0.05) is 31.0 Å². The molecule has 25 heavy (non-hydrogen) atoms. The quantitative estimate of drug-likeness (QED) is 0.886. The van der Waals surface area contributed by atoms with Gasteiger partial charge in [0.25, 0.3) is 0 Å². The van der Waals surface area contributed by atoms with Gasteiger partial charge in [-0.3, -0.25) is 0 Å². The molecule has 0 aliphatic carbocycles. The number of anilines is 2. The van der Waals surface area contributed by atoms with E-state index in [-0.39, 0.29) is 5.56 Å². The van der Waals surface area contributed by atoms with Crippen molar-refractivity contribution in [2.24, 2.45) is 5.92 Å². The summed E-state index contributed by atoms with van der Waals surface area (Å²) >= 11 is 0. The van der Waals surface area contributed by atoms with Gasteiger partial charge in [-0.15, -0.1) is 0 Å². The second-order valence-corrected chi connectivity index (χ2v) is 6.19. The lowest BCUT2D eigenvalue weighted by atomic mass is 10.1. The fourth-order valence-corrected chi connectivity index (χ4v) is 3.12. The third-order valence-corrected chi connectivity index (χ3v) is 4.45. The first-order chi connectivity index (χ1) is 12.0. The minimum atomic E-state index is -4.53. The number of nitrogens with one attached hydrogen (secondary N) is 1. The van der Waals surface area contributed by atoms with Crippen LogP contribution in [0.15, 0.2) is 48.5 Å². The lowest BCUT2D eigenvalue weighted by Crippen LogP contribution is -2.22. The highest BCUT2D eigenvalue weighted by atomic mass is 19.4. The van der Waals surface area contributed by atoms with E-state index in [1.165, 1.54) is 17.8 Å². The zero-order valence-corrected chi connectivity index (χ0v) is 13.6. The molecular formula is C19H18F3N3. The molecule has 1 aliphatic rings. The van der Waals surface area contributed by atoms with Crippen molar-refractivity contribution in [3.63, 3.8) is 0 Å². The number of alkyl halides is 3. The van der Waals surface area contributed by atoms with Crippen LogP contribution in [0, 0.1) is 17.2 Å². The molecule has 1 N–H and O–H groups in total. The van der Waals surface area contributed by atoms with Gasteiger partial charge < -0.3 is 10.2 Å². The highest BCUT2D eigenvalue weighted by Crippen LogP contribution is 2.33. The van der Waals surface area contributed by atoms with E-state index < -0.39 is 11.7 Å². The van der Waals surface area contributed by atoms with Crippen molar-refractivity contribution in [1.29, 1.82) is 5.26 Å². The summed E-state index contributed by atoms with van der Waals surface area (Å²) in [6.45, 7) is 2.42. The Balaban J connectivity index is 1.62. The second-order valence-electron chi connectivity index (χ2n) is 6.19. The maximum Gasteiger partial charge on any atom is 0.417 e. The summed E-state index contributed by atoms with van der Waals surface area (Å²) in [4.78, 5) is 2.28. The van der Waals surface area contributed by atoms with Crippen LogP contribution >= 0.6 is 0 Å². The number of hydrogen-bond donors (Lipinski definition) is 1. The van der Waals surface area contributed by atoms with Crippen LogP contribution in [0.25, 0.3) is 0 Å². The van der Waals surface area contributed by atoms with Gasteiger partial charge in [0.05, 0.1) is 17.2 Å². The molecule has 0 amide bonds. The zero-order valence-electron chi connectivity index (χ0n) is 13.6. The Morgan fingerprint density at radius 2 is 1.92 bits per heavy atom. The number of hydrogen-bond acceptors (Lipinski definition) is 3. The predicted octanol–water partition coefficient (Wildman–Crippen LogP) is 4.52. The zero-order chi connectivity index (χ0) is 17.9. The predicted molar refractivity (Wildman–Crippen MR) is 91.4 cm³/mol. The molecule has 1 unspecified atom stereocenters. The molecule has 6 heteroatoms. The van der Waals surface area contributed by atoms with E-state index in [0.29, 0.717) is 18.2 Å². The van der Waals surface area contributed by atoms with Gasteiger partial charge in [-0.2, -0.15) is 18.4 Å². The largest absolute Gasteiger partial charge is 0.417 e. The maximum absolute atomic E-state index is 13.0. The van der Waals surface area contributed by atoms with Crippen molar-refractivity contribution in [1.82, 2.24) is 0 Å². The monoisotopic (exact) mass is 345 g/mol. The Morgan fingerprint density at radius 1 is 1.16 bits per heavy atom. The minimum Gasteiger partial charge on any atom is -0.385 e. The molecule has 1 atom stereocenters. The molecule has 3 nitrogen and oxygen atoms in total. The molecular weight excluding hydrogens is 327 g/mol. The Labute approximate surface area is 144 Å². The lowest BCUT2D eigenvalue weighted by Gasteiger charge is -2.19. The van der Waals surface area contributed by atoms with Gasteiger partial charge in [-0.05, 0) is 42.7 Å². The van der Waals surface area contributed by atoms with Crippen LogP contribution in [0.3, 0.4) is 0 Å². The SMILES string of the molecule is N#Cc1ccc(NCC2CCN(c3ccccc3)C2)cc1C(F)(F)F. The topological polar surface area (TPSA) is 39.1 Å². The molecule has 0 saturated carbocycles. The number of rotatable bonds is 4. The van der Waals surface area contributed by atoms with Gasteiger partial charge in [0.2, 0.25) is 0 Å². The third kappa shape index (κ3) is 4.05. The fourth-order valence-electron chi connectivity index (χ4n) is 3.12. The molecule has 1 heterocycles. The Morgan fingerprint density at radius 3 is 2.60 bits per heavy atom. The molecule has 1 saturated heterocycles. The van der Waals surface area contributed by atoms with Crippen LogP contribution in [0.5, 0.6) is 0 Å². The van der Waals surface area contributed by atoms with Crippen LogP contribution < -0.4 is 10.2 Å². The summed E-state index contributed by atoms with van der Waals surface area (Å²) in [5, 5.41) is 11.9. The summed E-state index contributed by atoms with van der Waals surface area (Å²) in [5.74, 6) is 0.366. The molecule has 0 radical (unpaired) electrons. The number of para-hydroxylation sites is 1. The van der Waals surface area contributed by atoms with Crippen molar-refractivity contribution in [2.75, 3.05) is 29.9 Å². The van der Waals surface area contributed by atoms with Gasteiger partial charge in [-0.1, -0.05) is 18.2 Å². The van der Waals surface area contributed by atoms with E-state index in [4.69, 9.17) is 5.26 Å². The average Bonchev–Trinajstić information content (AvgIpc) is 3.09. The lowest BCUT2D eigenvalue weighted by molar-refractivity contribution is -0.137. The van der Waals surface area contributed by atoms with Crippen LogP contribution in [0.2, 0.25) is 0 Å². The van der Waals surface area contributed by atoms with E-state index in [0.717, 1.165) is 25.6 Å². The van der Waals surface area contributed by atoms with E-state index in [1.54, 1.807) is 6.07 Å². The number of nitriles is 1. The highest BCUT2D eigenvalue weighted by molar-refractivity contribution is 5.53. The molecule has 0 aromatic heterocycles. The maximum atomic E-state index is 13.0. The van der Waals surface area contributed by atoms with Gasteiger partial charge in [-0.25, -0.2) is 0 Å². The van der Waals surface area contributed by atoms with Crippen molar-refractivity contribution >= 4 is 11.4 Å². The molecule has 0 bridgehead atoms. The van der Waals surface area contributed by atoms with Crippen molar-refractivity contribution < 1.29 is 13.2 Å². The molecule has 2 aromatic rings. The van der Waals surface area contributed by atoms with E-state index in [2.05, 4.69) is 22.3 Å². The molecule has 1 fully saturated rings. The summed E-state index contributed by atoms with van der Waals surface area (Å²) in [6, 6.07) is 15.4. The van der Waals surface area contributed by atoms with Gasteiger partial charge >= 0.3 is 6.18 Å². The summed E-state index contributed by atoms with van der Waals surface area (Å²) in [6.07, 6.45) is -3.54. The van der Waals surface area contributed by atoms with Crippen molar-refractivity contribution in [3.05, 3.63) is 59.7 Å². The molecule has 0 spiro atoms. The first-order valence-corrected chi connectivity index (χ1v) is 8.12. The number of benzene rings is 2. The van der Waals surface area contributed by atoms with Crippen LogP contribution in [-0.2, 0) is 6.18 Å². The average molecular weight is 345 g/mol. The highest BCUT2D eigenvalue weighted by Gasteiger charge is 2.34. The minimum absolute atomic E-state index is 0.353. The summed E-state index contributed by atoms with van der Waals surface area (Å²) in [7, 11) is 0. The Hall–Kier alpha value is -2.68. The van der Waals surface area contributed by atoms with Gasteiger partial charge in [0.15, 0.2) is 0 Å². The Kier molecular flexibility index (Phi) is 4.84. The molecule has 2 aromatic carbocycles.